The van der Waals surface area contributed by atoms with Crippen LogP contribution in [0.2, 0.25) is 0 Å². The van der Waals surface area contributed by atoms with Gasteiger partial charge in [-0.25, -0.2) is 14.4 Å². The summed E-state index contributed by atoms with van der Waals surface area (Å²) >= 11 is 0. The fourth-order valence-electron chi connectivity index (χ4n) is 3.26. The quantitative estimate of drug-likeness (QED) is 0.167. The van der Waals surface area contributed by atoms with Crippen LogP contribution in [0.25, 0.3) is 0 Å². The van der Waals surface area contributed by atoms with Crippen molar-refractivity contribution in [3.8, 4) is 11.5 Å². The lowest BCUT2D eigenvalue weighted by Gasteiger charge is -2.22. The molecule has 0 saturated carbocycles. The van der Waals surface area contributed by atoms with Crippen LogP contribution in [0.3, 0.4) is 0 Å². The third-order valence-electron chi connectivity index (χ3n) is 6.86. The minimum Gasteiger partial charge on any atom is -0.458 e. The van der Waals surface area contributed by atoms with Crippen molar-refractivity contribution in [1.82, 2.24) is 0 Å². The van der Waals surface area contributed by atoms with E-state index in [1.807, 2.05) is 27.7 Å². The largest absolute Gasteiger partial charge is 0.514 e. The Balaban J connectivity index is 2.11. The number of rotatable bonds is 13. The number of benzene rings is 2. The second-order valence-electron chi connectivity index (χ2n) is 11.0. The van der Waals surface area contributed by atoms with Gasteiger partial charge in [0.2, 0.25) is 0 Å². The van der Waals surface area contributed by atoms with Gasteiger partial charge in [-0.3, -0.25) is 4.79 Å². The van der Waals surface area contributed by atoms with Crippen LogP contribution in [0.15, 0.2) is 48.5 Å². The van der Waals surface area contributed by atoms with Gasteiger partial charge in [-0.1, -0.05) is 52.0 Å². The first-order chi connectivity index (χ1) is 20.2. The van der Waals surface area contributed by atoms with Crippen molar-refractivity contribution in [1.29, 1.82) is 0 Å². The van der Waals surface area contributed by atoms with Gasteiger partial charge in [0.05, 0.1) is 5.56 Å². The first-order valence-electron chi connectivity index (χ1n) is 14.3. The maximum atomic E-state index is 12.8. The molecule has 0 amide bonds. The van der Waals surface area contributed by atoms with Crippen molar-refractivity contribution in [2.75, 3.05) is 0 Å². The summed E-state index contributed by atoms with van der Waals surface area (Å²) in [5.41, 5.74) is 6.98. The molecule has 2 N–H and O–H groups in total. The monoisotopic (exact) mass is 601 g/mol. The molecule has 0 aliphatic heterocycles. The Bertz CT molecular complexity index is 1230. The molecule has 0 saturated heterocycles. The van der Waals surface area contributed by atoms with Crippen molar-refractivity contribution in [3.05, 3.63) is 59.7 Å². The van der Waals surface area contributed by atoms with Gasteiger partial charge < -0.3 is 34.2 Å². The molecule has 236 valence electrons. The maximum Gasteiger partial charge on any atom is 0.514 e. The first-order valence-corrected chi connectivity index (χ1v) is 14.3. The molecular formula is C32H43NO10. The van der Waals surface area contributed by atoms with Crippen molar-refractivity contribution in [2.45, 2.75) is 92.3 Å². The average molecular weight is 602 g/mol. The van der Waals surface area contributed by atoms with Crippen LogP contribution in [-0.2, 0) is 30.2 Å². The van der Waals surface area contributed by atoms with Crippen molar-refractivity contribution >= 4 is 24.2 Å². The number of carbonyl (C=O) groups is 4. The molecule has 0 spiro atoms. The van der Waals surface area contributed by atoms with Crippen LogP contribution in [0, 0.1) is 11.8 Å². The van der Waals surface area contributed by atoms with Gasteiger partial charge in [0.1, 0.15) is 30.5 Å². The smallest absolute Gasteiger partial charge is 0.458 e. The minimum absolute atomic E-state index is 0.00729. The van der Waals surface area contributed by atoms with E-state index in [2.05, 4.69) is 0 Å². The summed E-state index contributed by atoms with van der Waals surface area (Å²) in [6, 6.07) is 11.7. The lowest BCUT2D eigenvalue weighted by molar-refractivity contribution is -0.154. The fraction of sp³-hybridized carbons (Fsp3) is 0.500. The Hall–Kier alpha value is -4.12. The Morgan fingerprint density at radius 3 is 1.67 bits per heavy atom. The normalized spacial score (nSPS) is 14.6. The molecule has 0 heterocycles. The molecular weight excluding hydrogens is 558 g/mol. The van der Waals surface area contributed by atoms with Gasteiger partial charge in [-0.05, 0) is 75.8 Å². The van der Waals surface area contributed by atoms with Gasteiger partial charge in [-0.2, -0.15) is 0 Å². The number of hydrogen-bond acceptors (Lipinski definition) is 11. The van der Waals surface area contributed by atoms with Crippen LogP contribution < -0.4 is 15.2 Å². The third kappa shape index (κ3) is 11.6. The predicted molar refractivity (Wildman–Crippen MR) is 158 cm³/mol. The van der Waals surface area contributed by atoms with Crippen LogP contribution >= 0.6 is 0 Å². The molecule has 11 nitrogen and oxygen atoms in total. The molecule has 2 unspecified atom stereocenters. The average Bonchev–Trinajstić information content (AvgIpc) is 2.94. The zero-order valence-corrected chi connectivity index (χ0v) is 26.0. The zero-order valence-electron chi connectivity index (χ0n) is 26.0. The summed E-state index contributed by atoms with van der Waals surface area (Å²) in [7, 11) is 0. The summed E-state index contributed by atoms with van der Waals surface area (Å²) in [4.78, 5) is 49.9. The molecule has 0 radical (unpaired) electrons. The third-order valence-corrected chi connectivity index (χ3v) is 6.86. The maximum absolute atomic E-state index is 12.8. The highest BCUT2D eigenvalue weighted by atomic mass is 16.8. The van der Waals surface area contributed by atoms with E-state index in [1.165, 1.54) is 12.1 Å². The van der Waals surface area contributed by atoms with E-state index in [-0.39, 0.29) is 29.8 Å². The Labute approximate surface area is 252 Å². The highest BCUT2D eigenvalue weighted by Crippen LogP contribution is 2.30. The lowest BCUT2D eigenvalue weighted by Crippen LogP contribution is -2.39. The first kappa shape index (κ1) is 35.1. The van der Waals surface area contributed by atoms with Crippen LogP contribution in [0.5, 0.6) is 11.5 Å². The van der Waals surface area contributed by atoms with Gasteiger partial charge in [0, 0.05) is 0 Å². The Morgan fingerprint density at radius 2 is 1.14 bits per heavy atom. The van der Waals surface area contributed by atoms with E-state index in [4.69, 9.17) is 34.2 Å². The Kier molecular flexibility index (Phi) is 13.5. The summed E-state index contributed by atoms with van der Waals surface area (Å²) < 4.78 is 32.1. The lowest BCUT2D eigenvalue weighted by atomic mass is 10.1. The SMILES string of the molecule is CC(C)C(C)OC(=O)Oc1ccc(C[C@H](N)C(=O)O[C@@H](C)[C@H](C)OC(=O)c2ccccc2)cc1OC(=O)OC(C)C(C)C. The van der Waals surface area contributed by atoms with Crippen LogP contribution in [-0.4, -0.2) is 54.7 Å². The summed E-state index contributed by atoms with van der Waals surface area (Å²) in [5.74, 6) is -1.38. The molecule has 2 aromatic carbocycles. The van der Waals surface area contributed by atoms with E-state index in [9.17, 15) is 19.2 Å². The Morgan fingerprint density at radius 1 is 0.628 bits per heavy atom. The zero-order chi connectivity index (χ0) is 32.3. The molecule has 0 aromatic heterocycles. The molecule has 5 atom stereocenters. The van der Waals surface area contributed by atoms with Gasteiger partial charge in [0.15, 0.2) is 11.5 Å². The highest BCUT2D eigenvalue weighted by Gasteiger charge is 2.26. The summed E-state index contributed by atoms with van der Waals surface area (Å²) in [6.07, 6.45) is -4.34. The summed E-state index contributed by atoms with van der Waals surface area (Å²) in [5, 5.41) is 0. The standard InChI is InChI=1S/C32H43NO10/c1-18(2)20(5)40-31(36)42-27-15-14-24(17-28(27)43-32(37)41-21(6)19(3)4)16-26(33)30(35)39-23(8)22(7)38-29(34)25-12-10-9-11-13-25/h9-15,17-23,26H,16,33H2,1-8H3/t20?,21?,22-,23-,26-/m0/s1. The van der Waals surface area contributed by atoms with Gasteiger partial charge in [-0.15, -0.1) is 0 Å². The van der Waals surface area contributed by atoms with Gasteiger partial charge >= 0.3 is 24.2 Å². The molecule has 0 aliphatic carbocycles. The number of esters is 2. The minimum atomic E-state index is -1.11. The van der Waals surface area contributed by atoms with E-state index >= 15 is 0 Å². The molecule has 43 heavy (non-hydrogen) atoms. The molecule has 11 heteroatoms. The van der Waals surface area contributed by atoms with E-state index in [1.54, 1.807) is 64.1 Å². The van der Waals surface area contributed by atoms with Crippen LogP contribution in [0.1, 0.15) is 71.3 Å². The highest BCUT2D eigenvalue weighted by molar-refractivity contribution is 5.89. The van der Waals surface area contributed by atoms with E-state index < -0.39 is 54.7 Å². The van der Waals surface area contributed by atoms with Crippen molar-refractivity contribution < 1.29 is 47.6 Å². The molecule has 0 aliphatic rings. The van der Waals surface area contributed by atoms with E-state index in [0.717, 1.165) is 0 Å². The number of ether oxygens (including phenoxy) is 6. The number of hydrogen-bond donors (Lipinski definition) is 1. The van der Waals surface area contributed by atoms with Crippen molar-refractivity contribution in [2.24, 2.45) is 17.6 Å². The molecule has 0 bridgehead atoms. The van der Waals surface area contributed by atoms with E-state index in [0.29, 0.717) is 11.1 Å². The molecule has 0 fully saturated rings. The van der Waals surface area contributed by atoms with Gasteiger partial charge in [0.25, 0.3) is 0 Å². The summed E-state index contributed by atoms with van der Waals surface area (Å²) in [6.45, 7) is 14.2. The van der Waals surface area contributed by atoms with Crippen molar-refractivity contribution in [3.63, 3.8) is 0 Å². The second kappa shape index (κ2) is 16.5. The van der Waals surface area contributed by atoms with Crippen LogP contribution in [0.4, 0.5) is 9.59 Å². The predicted octanol–water partition coefficient (Wildman–Crippen LogP) is 5.85. The fourth-order valence-corrected chi connectivity index (χ4v) is 3.26. The number of carbonyl (C=O) groups excluding carboxylic acids is 4. The molecule has 2 rings (SSSR count). The second-order valence-corrected chi connectivity index (χ2v) is 11.0. The number of nitrogens with two attached hydrogens (primary N) is 1. The topological polar surface area (TPSA) is 150 Å². The molecule has 2 aromatic rings.